The largest absolute Gasteiger partial charge is 0.478 e. The number of hydrogen-bond acceptors (Lipinski definition) is 5. The second kappa shape index (κ2) is 7.33. The van der Waals surface area contributed by atoms with Crippen LogP contribution in [0.3, 0.4) is 0 Å². The number of aryl methyl sites for hydroxylation is 1. The van der Waals surface area contributed by atoms with E-state index >= 15 is 0 Å². The van der Waals surface area contributed by atoms with E-state index in [1.165, 1.54) is 0 Å². The Bertz CT molecular complexity index is 899. The van der Waals surface area contributed by atoms with Crippen molar-refractivity contribution >= 4 is 28.7 Å². The van der Waals surface area contributed by atoms with E-state index in [-0.39, 0.29) is 17.7 Å². The maximum atomic E-state index is 12.4. The Hall–Kier alpha value is -2.77. The van der Waals surface area contributed by atoms with Gasteiger partial charge in [0.05, 0.1) is 11.6 Å². The van der Waals surface area contributed by atoms with Crippen molar-refractivity contribution in [1.29, 1.82) is 0 Å². The number of aromatic carboxylic acids is 1. The van der Waals surface area contributed by atoms with Gasteiger partial charge in [-0.25, -0.2) is 9.59 Å². The fraction of sp³-hybridized carbons (Fsp3) is 0.550. The lowest BCUT2D eigenvalue weighted by atomic mass is 10.1. The van der Waals surface area contributed by atoms with Crippen molar-refractivity contribution in [2.75, 3.05) is 25.0 Å². The van der Waals surface area contributed by atoms with Gasteiger partial charge in [0.15, 0.2) is 0 Å². The van der Waals surface area contributed by atoms with Crippen LogP contribution in [0.15, 0.2) is 18.3 Å². The van der Waals surface area contributed by atoms with Crippen LogP contribution in [-0.2, 0) is 11.3 Å². The van der Waals surface area contributed by atoms with E-state index in [2.05, 4.69) is 10.00 Å². The zero-order valence-corrected chi connectivity index (χ0v) is 17.1. The Morgan fingerprint density at radius 3 is 2.68 bits per heavy atom. The van der Waals surface area contributed by atoms with Crippen LogP contribution in [0.4, 0.5) is 10.5 Å². The third-order valence-electron chi connectivity index (χ3n) is 4.99. The SMILES string of the molecule is CCn1cc2c(N3CC[C@@H](N(C)C(=O)OC(C)(C)C)C3)ccc(C(=O)O)c2n1. The smallest absolute Gasteiger partial charge is 0.410 e. The quantitative estimate of drug-likeness (QED) is 0.865. The van der Waals surface area contributed by atoms with Crippen LogP contribution in [0.25, 0.3) is 10.9 Å². The predicted molar refractivity (Wildman–Crippen MR) is 107 cm³/mol. The third-order valence-corrected chi connectivity index (χ3v) is 4.99. The van der Waals surface area contributed by atoms with E-state index in [4.69, 9.17) is 4.74 Å². The fourth-order valence-electron chi connectivity index (χ4n) is 3.51. The summed E-state index contributed by atoms with van der Waals surface area (Å²) in [6, 6.07) is 3.48. The van der Waals surface area contributed by atoms with Crippen molar-refractivity contribution in [3.8, 4) is 0 Å². The Morgan fingerprint density at radius 1 is 1.36 bits per heavy atom. The lowest BCUT2D eigenvalue weighted by Crippen LogP contribution is -2.42. The number of benzene rings is 1. The summed E-state index contributed by atoms with van der Waals surface area (Å²) in [5.41, 5.74) is 1.11. The summed E-state index contributed by atoms with van der Waals surface area (Å²) in [4.78, 5) is 27.8. The molecule has 1 aromatic carbocycles. The van der Waals surface area contributed by atoms with Crippen LogP contribution in [0.1, 0.15) is 44.5 Å². The molecule has 1 N–H and O–H groups in total. The molecule has 1 saturated heterocycles. The summed E-state index contributed by atoms with van der Waals surface area (Å²) in [5, 5.41) is 14.7. The van der Waals surface area contributed by atoms with Crippen molar-refractivity contribution < 1.29 is 19.4 Å². The third kappa shape index (κ3) is 3.90. The lowest BCUT2D eigenvalue weighted by Gasteiger charge is -2.29. The minimum Gasteiger partial charge on any atom is -0.478 e. The monoisotopic (exact) mass is 388 g/mol. The summed E-state index contributed by atoms with van der Waals surface area (Å²) < 4.78 is 7.22. The van der Waals surface area contributed by atoms with Crippen LogP contribution < -0.4 is 4.90 Å². The summed E-state index contributed by atoms with van der Waals surface area (Å²) >= 11 is 0. The van der Waals surface area contributed by atoms with Gasteiger partial charge in [-0.05, 0) is 46.2 Å². The van der Waals surface area contributed by atoms with Gasteiger partial charge in [-0.2, -0.15) is 5.10 Å². The molecule has 2 heterocycles. The predicted octanol–water partition coefficient (Wildman–Crippen LogP) is 3.20. The number of fused-ring (bicyclic) bond motifs is 1. The summed E-state index contributed by atoms with van der Waals surface area (Å²) in [7, 11) is 1.76. The highest BCUT2D eigenvalue weighted by Gasteiger charge is 2.32. The number of ether oxygens (including phenoxy) is 1. The minimum atomic E-state index is -0.984. The van der Waals surface area contributed by atoms with Gasteiger partial charge in [0, 0.05) is 44.0 Å². The van der Waals surface area contributed by atoms with Crippen LogP contribution in [0, 0.1) is 0 Å². The summed E-state index contributed by atoms with van der Waals surface area (Å²) in [6.07, 6.45) is 2.38. The maximum Gasteiger partial charge on any atom is 0.410 e. The van der Waals surface area contributed by atoms with E-state index in [1.807, 2.05) is 40.0 Å². The first-order valence-electron chi connectivity index (χ1n) is 9.55. The molecule has 0 unspecified atom stereocenters. The second-order valence-electron chi connectivity index (χ2n) is 8.16. The topological polar surface area (TPSA) is 87.9 Å². The lowest BCUT2D eigenvalue weighted by molar-refractivity contribution is 0.0237. The fourth-order valence-corrected chi connectivity index (χ4v) is 3.51. The number of carbonyl (C=O) groups excluding carboxylic acids is 1. The van der Waals surface area contributed by atoms with Crippen molar-refractivity contribution in [3.05, 3.63) is 23.9 Å². The average Bonchev–Trinajstić information content (AvgIpc) is 3.25. The number of nitrogens with zero attached hydrogens (tertiary/aromatic N) is 4. The van der Waals surface area contributed by atoms with E-state index < -0.39 is 11.6 Å². The molecule has 8 nitrogen and oxygen atoms in total. The first-order chi connectivity index (χ1) is 13.1. The average molecular weight is 388 g/mol. The molecule has 3 rings (SSSR count). The molecule has 2 aromatic rings. The maximum absolute atomic E-state index is 12.4. The number of aromatic nitrogens is 2. The number of carbonyl (C=O) groups is 2. The van der Waals surface area contributed by atoms with Crippen LogP contribution in [-0.4, -0.2) is 63.6 Å². The number of carboxylic acid groups (broad SMARTS) is 1. The van der Waals surface area contributed by atoms with Gasteiger partial charge in [0.2, 0.25) is 0 Å². The Balaban J connectivity index is 1.84. The highest BCUT2D eigenvalue weighted by molar-refractivity contribution is 6.06. The normalized spacial score (nSPS) is 17.2. The number of likely N-dealkylation sites (N-methyl/N-ethyl adjacent to an activating group) is 1. The van der Waals surface area contributed by atoms with Gasteiger partial charge < -0.3 is 19.6 Å². The van der Waals surface area contributed by atoms with E-state index in [1.54, 1.807) is 22.7 Å². The van der Waals surface area contributed by atoms with Gasteiger partial charge >= 0.3 is 12.1 Å². The molecule has 0 radical (unpaired) electrons. The molecule has 0 aliphatic carbocycles. The van der Waals surface area contributed by atoms with Crippen LogP contribution >= 0.6 is 0 Å². The molecule has 1 aromatic heterocycles. The Labute approximate surface area is 164 Å². The number of anilines is 1. The first-order valence-corrected chi connectivity index (χ1v) is 9.55. The number of carboxylic acids is 1. The van der Waals surface area contributed by atoms with Gasteiger partial charge in [-0.1, -0.05) is 0 Å². The zero-order chi connectivity index (χ0) is 20.6. The Kier molecular flexibility index (Phi) is 5.23. The van der Waals surface area contributed by atoms with Gasteiger partial charge in [-0.3, -0.25) is 4.68 Å². The van der Waals surface area contributed by atoms with Gasteiger partial charge in [-0.15, -0.1) is 0 Å². The molecular weight excluding hydrogens is 360 g/mol. The van der Waals surface area contributed by atoms with Crippen molar-refractivity contribution in [2.45, 2.75) is 52.3 Å². The van der Waals surface area contributed by atoms with Crippen molar-refractivity contribution in [1.82, 2.24) is 14.7 Å². The molecule has 8 heteroatoms. The molecule has 0 bridgehead atoms. The van der Waals surface area contributed by atoms with E-state index in [0.717, 1.165) is 24.0 Å². The molecule has 1 atom stereocenters. The molecular formula is C20H28N4O4. The number of amides is 1. The zero-order valence-electron chi connectivity index (χ0n) is 17.1. The molecule has 1 aliphatic heterocycles. The second-order valence-corrected chi connectivity index (χ2v) is 8.16. The molecule has 1 fully saturated rings. The molecule has 0 spiro atoms. The molecule has 28 heavy (non-hydrogen) atoms. The minimum absolute atomic E-state index is 0.0327. The number of hydrogen-bond donors (Lipinski definition) is 1. The Morgan fingerprint density at radius 2 is 2.07 bits per heavy atom. The summed E-state index contributed by atoms with van der Waals surface area (Å²) in [6.45, 7) is 9.62. The summed E-state index contributed by atoms with van der Waals surface area (Å²) in [5.74, 6) is -0.984. The molecule has 1 aliphatic rings. The highest BCUT2D eigenvalue weighted by Crippen LogP contribution is 2.32. The highest BCUT2D eigenvalue weighted by atomic mass is 16.6. The van der Waals surface area contributed by atoms with Crippen molar-refractivity contribution in [3.63, 3.8) is 0 Å². The molecule has 152 valence electrons. The van der Waals surface area contributed by atoms with Crippen molar-refractivity contribution in [2.24, 2.45) is 0 Å². The first kappa shape index (κ1) is 20.0. The van der Waals surface area contributed by atoms with Gasteiger partial charge in [0.25, 0.3) is 0 Å². The van der Waals surface area contributed by atoms with Crippen LogP contribution in [0.2, 0.25) is 0 Å². The van der Waals surface area contributed by atoms with Gasteiger partial charge in [0.1, 0.15) is 11.1 Å². The van der Waals surface area contributed by atoms with E-state index in [0.29, 0.717) is 18.6 Å². The van der Waals surface area contributed by atoms with Crippen LogP contribution in [0.5, 0.6) is 0 Å². The van der Waals surface area contributed by atoms with E-state index in [9.17, 15) is 14.7 Å². The standard InChI is InChI=1S/C20H28N4O4/c1-6-24-12-15-16(8-7-14(18(25)26)17(15)21-24)23-10-9-13(11-23)22(5)19(27)28-20(2,3)4/h7-8,12-13H,6,9-11H2,1-5H3,(H,25,26)/t13-/m1/s1. The number of rotatable bonds is 4. The molecule has 1 amide bonds. The molecule has 0 saturated carbocycles.